The number of hydrogen-bond donors (Lipinski definition) is 1. The fourth-order valence-corrected chi connectivity index (χ4v) is 2.45. The van der Waals surface area contributed by atoms with Crippen LogP contribution < -0.4 is 0 Å². The summed E-state index contributed by atoms with van der Waals surface area (Å²) < 4.78 is 6.00. The predicted octanol–water partition coefficient (Wildman–Crippen LogP) is 4.34. The molecule has 17 heavy (non-hydrogen) atoms. The maximum absolute atomic E-state index is 9.87. The van der Waals surface area contributed by atoms with E-state index >= 15 is 0 Å². The van der Waals surface area contributed by atoms with Gasteiger partial charge in [-0.3, -0.25) is 0 Å². The summed E-state index contributed by atoms with van der Waals surface area (Å²) in [7, 11) is -1.68. The van der Waals surface area contributed by atoms with Crippen molar-refractivity contribution in [3.05, 3.63) is 0 Å². The van der Waals surface area contributed by atoms with Crippen LogP contribution in [0.4, 0.5) is 0 Å². The summed E-state index contributed by atoms with van der Waals surface area (Å²) in [5.74, 6) is 0. The molecular formula is C14H32O2Si. The van der Waals surface area contributed by atoms with Crippen LogP contribution in [0.3, 0.4) is 0 Å². The van der Waals surface area contributed by atoms with Crippen LogP contribution in [0.25, 0.3) is 0 Å². The monoisotopic (exact) mass is 260 g/mol. The van der Waals surface area contributed by atoms with Gasteiger partial charge in [0, 0.05) is 0 Å². The molecular weight excluding hydrogens is 228 g/mol. The maximum Gasteiger partial charge on any atom is 0.192 e. The smallest absolute Gasteiger partial charge is 0.192 e. The third-order valence-electron chi connectivity index (χ3n) is 3.83. The van der Waals surface area contributed by atoms with Gasteiger partial charge >= 0.3 is 0 Å². The molecule has 0 heterocycles. The van der Waals surface area contributed by atoms with E-state index in [1.807, 2.05) is 0 Å². The van der Waals surface area contributed by atoms with E-state index in [-0.39, 0.29) is 11.1 Å². The van der Waals surface area contributed by atoms with Gasteiger partial charge < -0.3 is 9.53 Å². The molecule has 0 aliphatic heterocycles. The Balaban J connectivity index is 3.80. The molecule has 3 heteroatoms. The molecule has 0 aromatic heterocycles. The van der Waals surface area contributed by atoms with Crippen LogP contribution >= 0.6 is 0 Å². The minimum atomic E-state index is -1.68. The first-order chi connectivity index (χ1) is 7.70. The molecule has 1 atom stereocenters. The molecule has 0 spiro atoms. The van der Waals surface area contributed by atoms with E-state index < -0.39 is 8.32 Å². The van der Waals surface area contributed by atoms with E-state index in [9.17, 15) is 5.11 Å². The van der Waals surface area contributed by atoms with Gasteiger partial charge in [0.1, 0.15) is 0 Å². The minimum absolute atomic E-state index is 0.231. The fraction of sp³-hybridized carbons (Fsp3) is 1.00. The first kappa shape index (κ1) is 17.1. The minimum Gasteiger partial charge on any atom is -0.414 e. The molecule has 0 aromatic rings. The normalized spacial score (nSPS) is 15.0. The second-order valence-corrected chi connectivity index (χ2v) is 11.4. The molecule has 0 radical (unpaired) electrons. The van der Waals surface area contributed by atoms with Crippen LogP contribution in [0.1, 0.15) is 59.8 Å². The molecule has 0 rings (SSSR count). The fourth-order valence-electron chi connectivity index (χ4n) is 1.41. The van der Waals surface area contributed by atoms with Gasteiger partial charge in [0.15, 0.2) is 8.32 Å². The number of aliphatic hydroxyl groups is 1. The Morgan fingerprint density at radius 2 is 1.71 bits per heavy atom. The number of hydrogen-bond acceptors (Lipinski definition) is 2. The second-order valence-electron chi connectivity index (χ2n) is 6.57. The van der Waals surface area contributed by atoms with Crippen molar-refractivity contribution in [2.45, 2.75) is 84.0 Å². The van der Waals surface area contributed by atoms with Crippen LogP contribution in [0.5, 0.6) is 0 Å². The van der Waals surface area contributed by atoms with Crippen molar-refractivity contribution in [1.82, 2.24) is 0 Å². The summed E-state index contributed by atoms with van der Waals surface area (Å²) in [6.45, 7) is 13.9. The molecule has 1 N–H and O–H groups in total. The van der Waals surface area contributed by atoms with Crippen molar-refractivity contribution in [3.63, 3.8) is 0 Å². The predicted molar refractivity (Wildman–Crippen MR) is 77.9 cm³/mol. The molecule has 0 aliphatic carbocycles. The Labute approximate surface area is 109 Å². The largest absolute Gasteiger partial charge is 0.414 e. The van der Waals surface area contributed by atoms with E-state index in [2.05, 4.69) is 40.8 Å². The average molecular weight is 260 g/mol. The second kappa shape index (κ2) is 7.55. The first-order valence-electron chi connectivity index (χ1n) is 7.02. The number of aliphatic hydroxyl groups excluding tert-OH is 1. The van der Waals surface area contributed by atoms with Gasteiger partial charge in [0.25, 0.3) is 0 Å². The molecule has 0 saturated carbocycles. The molecule has 0 aromatic carbocycles. The summed E-state index contributed by atoms with van der Waals surface area (Å²) in [6.07, 6.45) is 5.48. The molecule has 2 nitrogen and oxygen atoms in total. The summed E-state index contributed by atoms with van der Waals surface area (Å²) in [4.78, 5) is 0. The summed E-state index contributed by atoms with van der Waals surface area (Å²) in [6, 6.07) is 0. The van der Waals surface area contributed by atoms with Gasteiger partial charge in [-0.2, -0.15) is 0 Å². The Hall–Kier alpha value is 0.137. The van der Waals surface area contributed by atoms with Crippen LogP contribution in [0.2, 0.25) is 18.1 Å². The summed E-state index contributed by atoms with van der Waals surface area (Å²) in [5, 5.41) is 10.1. The van der Waals surface area contributed by atoms with Gasteiger partial charge in [-0.15, -0.1) is 0 Å². The van der Waals surface area contributed by atoms with Crippen molar-refractivity contribution in [3.8, 4) is 0 Å². The zero-order valence-corrected chi connectivity index (χ0v) is 13.7. The molecule has 1 unspecified atom stereocenters. The van der Waals surface area contributed by atoms with Crippen LogP contribution in [-0.2, 0) is 4.43 Å². The van der Waals surface area contributed by atoms with E-state index in [0.29, 0.717) is 6.61 Å². The van der Waals surface area contributed by atoms with Crippen molar-refractivity contribution < 1.29 is 9.53 Å². The SMILES string of the molecule is CCCCCCC(O)CO[Si](C)(C)C(C)(C)C. The Bertz CT molecular complexity index is 197. The van der Waals surface area contributed by atoms with E-state index in [0.717, 1.165) is 12.8 Å². The molecule has 104 valence electrons. The van der Waals surface area contributed by atoms with Gasteiger partial charge in [-0.1, -0.05) is 53.4 Å². The molecule has 0 saturated heterocycles. The molecule has 0 aliphatic rings. The summed E-state index contributed by atoms with van der Waals surface area (Å²) in [5.41, 5.74) is 0. The Kier molecular flexibility index (Phi) is 7.61. The van der Waals surface area contributed by atoms with E-state index in [1.54, 1.807) is 0 Å². The highest BCUT2D eigenvalue weighted by Gasteiger charge is 2.37. The van der Waals surface area contributed by atoms with Gasteiger partial charge in [0.05, 0.1) is 12.7 Å². The zero-order valence-electron chi connectivity index (χ0n) is 12.7. The highest BCUT2D eigenvalue weighted by Crippen LogP contribution is 2.36. The first-order valence-corrected chi connectivity index (χ1v) is 9.93. The Morgan fingerprint density at radius 1 is 1.12 bits per heavy atom. The Morgan fingerprint density at radius 3 is 2.18 bits per heavy atom. The van der Waals surface area contributed by atoms with Gasteiger partial charge in [-0.25, -0.2) is 0 Å². The van der Waals surface area contributed by atoms with E-state index in [4.69, 9.17) is 4.43 Å². The molecule has 0 amide bonds. The lowest BCUT2D eigenvalue weighted by atomic mass is 10.1. The molecule has 0 bridgehead atoms. The van der Waals surface area contributed by atoms with Gasteiger partial charge in [-0.05, 0) is 24.6 Å². The van der Waals surface area contributed by atoms with Crippen LogP contribution in [0, 0.1) is 0 Å². The van der Waals surface area contributed by atoms with Crippen LogP contribution in [-0.4, -0.2) is 26.1 Å². The topological polar surface area (TPSA) is 29.5 Å². The number of unbranched alkanes of at least 4 members (excludes halogenated alkanes) is 3. The highest BCUT2D eigenvalue weighted by molar-refractivity contribution is 6.74. The average Bonchev–Trinajstić information content (AvgIpc) is 2.20. The van der Waals surface area contributed by atoms with Crippen molar-refractivity contribution >= 4 is 8.32 Å². The quantitative estimate of drug-likeness (QED) is 0.519. The zero-order chi connectivity index (χ0) is 13.5. The van der Waals surface area contributed by atoms with Crippen molar-refractivity contribution in [2.24, 2.45) is 0 Å². The number of rotatable bonds is 8. The van der Waals surface area contributed by atoms with E-state index in [1.165, 1.54) is 19.3 Å². The lowest BCUT2D eigenvalue weighted by molar-refractivity contribution is 0.0906. The lowest BCUT2D eigenvalue weighted by Gasteiger charge is -2.36. The third kappa shape index (κ3) is 7.22. The maximum atomic E-state index is 9.87. The molecule has 0 fully saturated rings. The van der Waals surface area contributed by atoms with Gasteiger partial charge in [0.2, 0.25) is 0 Å². The third-order valence-corrected chi connectivity index (χ3v) is 8.33. The standard InChI is InChI=1S/C14H32O2Si/c1-7-8-9-10-11-13(15)12-16-17(5,6)14(2,3)4/h13,15H,7-12H2,1-6H3. The summed E-state index contributed by atoms with van der Waals surface area (Å²) >= 11 is 0. The van der Waals surface area contributed by atoms with Crippen molar-refractivity contribution in [1.29, 1.82) is 0 Å². The van der Waals surface area contributed by atoms with Crippen molar-refractivity contribution in [2.75, 3.05) is 6.61 Å². The lowest BCUT2D eigenvalue weighted by Crippen LogP contribution is -2.42. The highest BCUT2D eigenvalue weighted by atomic mass is 28.4. The van der Waals surface area contributed by atoms with Crippen LogP contribution in [0.15, 0.2) is 0 Å².